The highest BCUT2D eigenvalue weighted by Gasteiger charge is 2.21. The van der Waals surface area contributed by atoms with Crippen LogP contribution in [0.15, 0.2) is 6.07 Å². The predicted molar refractivity (Wildman–Crippen MR) is 87.2 cm³/mol. The van der Waals surface area contributed by atoms with Gasteiger partial charge in [0, 0.05) is 19.6 Å². The average molecular weight is 332 g/mol. The first-order valence-electron chi connectivity index (χ1n) is 7.43. The van der Waals surface area contributed by atoms with Crippen LogP contribution >= 0.6 is 23.2 Å². The Morgan fingerprint density at radius 2 is 2.05 bits per heavy atom. The fourth-order valence-corrected chi connectivity index (χ4v) is 3.07. The summed E-state index contributed by atoms with van der Waals surface area (Å²) in [7, 11) is 1.73. The number of carbonyl (C=O) groups excluding carboxylic acids is 1. The Bertz CT molecular complexity index is 507. The van der Waals surface area contributed by atoms with Gasteiger partial charge in [0.25, 0.3) is 5.91 Å². The van der Waals surface area contributed by atoms with Gasteiger partial charge in [0.05, 0.1) is 5.02 Å². The van der Waals surface area contributed by atoms with Gasteiger partial charge >= 0.3 is 0 Å². The molecule has 118 valence electrons. The van der Waals surface area contributed by atoms with Crippen LogP contribution in [0.5, 0.6) is 0 Å². The SMILES string of the molecule is CC1CCN(C(C)CNC(=O)c2cc(Cl)c(Cl)n2C)CC1. The van der Waals surface area contributed by atoms with E-state index in [0.29, 0.717) is 28.5 Å². The molecule has 1 saturated heterocycles. The van der Waals surface area contributed by atoms with E-state index in [9.17, 15) is 4.79 Å². The number of hydrogen-bond acceptors (Lipinski definition) is 2. The molecule has 1 aromatic heterocycles. The summed E-state index contributed by atoms with van der Waals surface area (Å²) in [4.78, 5) is 14.6. The summed E-state index contributed by atoms with van der Waals surface area (Å²) in [6, 6.07) is 1.94. The van der Waals surface area contributed by atoms with Crippen molar-refractivity contribution in [1.29, 1.82) is 0 Å². The second-order valence-electron chi connectivity index (χ2n) is 6.00. The highest BCUT2D eigenvalue weighted by atomic mass is 35.5. The Labute approximate surface area is 136 Å². The number of amides is 1. The zero-order valence-corrected chi connectivity index (χ0v) is 14.3. The minimum absolute atomic E-state index is 0.136. The highest BCUT2D eigenvalue weighted by Crippen LogP contribution is 2.25. The number of rotatable bonds is 4. The fourth-order valence-electron chi connectivity index (χ4n) is 2.69. The van der Waals surface area contributed by atoms with Crippen molar-refractivity contribution in [2.45, 2.75) is 32.7 Å². The molecule has 21 heavy (non-hydrogen) atoms. The fraction of sp³-hybridized carbons (Fsp3) is 0.667. The van der Waals surface area contributed by atoms with Crippen LogP contribution in [0.2, 0.25) is 10.2 Å². The smallest absolute Gasteiger partial charge is 0.268 e. The molecule has 0 spiro atoms. The molecule has 0 radical (unpaired) electrons. The van der Waals surface area contributed by atoms with E-state index in [0.717, 1.165) is 19.0 Å². The molecule has 1 aromatic rings. The standard InChI is InChI=1S/C15H23Cl2N3O/c1-10-4-6-20(7-5-10)11(2)9-18-15(21)13-8-12(16)14(17)19(13)3/h8,10-11H,4-7,9H2,1-3H3,(H,18,21). The van der Waals surface area contributed by atoms with Gasteiger partial charge in [-0.15, -0.1) is 0 Å². The van der Waals surface area contributed by atoms with Gasteiger partial charge in [-0.2, -0.15) is 0 Å². The minimum Gasteiger partial charge on any atom is -0.349 e. The number of halogens is 2. The molecule has 0 aliphatic carbocycles. The lowest BCUT2D eigenvalue weighted by Crippen LogP contribution is -2.45. The summed E-state index contributed by atoms with van der Waals surface area (Å²) < 4.78 is 1.60. The largest absolute Gasteiger partial charge is 0.349 e. The maximum atomic E-state index is 12.2. The topological polar surface area (TPSA) is 37.3 Å². The molecule has 1 atom stereocenters. The van der Waals surface area contributed by atoms with E-state index in [1.807, 2.05) is 0 Å². The summed E-state index contributed by atoms with van der Waals surface area (Å²) in [5, 5.41) is 3.76. The average Bonchev–Trinajstić information content (AvgIpc) is 2.73. The van der Waals surface area contributed by atoms with Crippen molar-refractivity contribution in [2.75, 3.05) is 19.6 Å². The summed E-state index contributed by atoms with van der Waals surface area (Å²) in [6.45, 7) is 7.31. The zero-order chi connectivity index (χ0) is 15.6. The number of hydrogen-bond donors (Lipinski definition) is 1. The Morgan fingerprint density at radius 1 is 1.43 bits per heavy atom. The van der Waals surface area contributed by atoms with E-state index < -0.39 is 0 Å². The molecule has 6 heteroatoms. The van der Waals surface area contributed by atoms with Crippen LogP contribution in [0.25, 0.3) is 0 Å². The second-order valence-corrected chi connectivity index (χ2v) is 6.77. The van der Waals surface area contributed by atoms with Crippen molar-refractivity contribution in [3.63, 3.8) is 0 Å². The number of piperidine rings is 1. The van der Waals surface area contributed by atoms with Crippen molar-refractivity contribution in [2.24, 2.45) is 13.0 Å². The van der Waals surface area contributed by atoms with Crippen molar-refractivity contribution < 1.29 is 4.79 Å². The third-order valence-corrected chi connectivity index (χ3v) is 5.19. The number of likely N-dealkylation sites (tertiary alicyclic amines) is 1. The molecule has 2 rings (SSSR count). The molecular weight excluding hydrogens is 309 g/mol. The van der Waals surface area contributed by atoms with E-state index in [4.69, 9.17) is 23.2 Å². The van der Waals surface area contributed by atoms with Gasteiger partial charge in [-0.3, -0.25) is 9.69 Å². The van der Waals surface area contributed by atoms with Crippen LogP contribution < -0.4 is 5.32 Å². The molecule has 4 nitrogen and oxygen atoms in total. The van der Waals surface area contributed by atoms with Gasteiger partial charge in [0.1, 0.15) is 10.8 Å². The van der Waals surface area contributed by atoms with Gasteiger partial charge in [-0.05, 0) is 44.8 Å². The van der Waals surface area contributed by atoms with Crippen molar-refractivity contribution >= 4 is 29.1 Å². The van der Waals surface area contributed by atoms with Crippen molar-refractivity contribution in [3.8, 4) is 0 Å². The van der Waals surface area contributed by atoms with Crippen LogP contribution in [-0.4, -0.2) is 41.1 Å². The lowest BCUT2D eigenvalue weighted by atomic mass is 9.98. The maximum absolute atomic E-state index is 12.2. The van der Waals surface area contributed by atoms with E-state index in [1.165, 1.54) is 12.8 Å². The van der Waals surface area contributed by atoms with Crippen LogP contribution in [0, 0.1) is 5.92 Å². The Balaban J connectivity index is 1.87. The summed E-state index contributed by atoms with van der Waals surface area (Å²) in [5.74, 6) is 0.680. The Morgan fingerprint density at radius 3 is 2.57 bits per heavy atom. The van der Waals surface area contributed by atoms with Gasteiger partial charge in [-0.1, -0.05) is 30.1 Å². The van der Waals surface area contributed by atoms with Gasteiger partial charge in [0.2, 0.25) is 0 Å². The molecule has 1 fully saturated rings. The van der Waals surface area contributed by atoms with E-state index in [1.54, 1.807) is 17.7 Å². The number of nitrogens with one attached hydrogen (secondary N) is 1. The van der Waals surface area contributed by atoms with Crippen molar-refractivity contribution in [3.05, 3.63) is 21.9 Å². The maximum Gasteiger partial charge on any atom is 0.268 e. The van der Waals surface area contributed by atoms with E-state index >= 15 is 0 Å². The van der Waals surface area contributed by atoms with Crippen LogP contribution in [-0.2, 0) is 7.05 Å². The predicted octanol–water partition coefficient (Wildman–Crippen LogP) is 3.18. The van der Waals surface area contributed by atoms with Gasteiger partial charge < -0.3 is 9.88 Å². The summed E-state index contributed by atoms with van der Waals surface area (Å²) >= 11 is 11.9. The third-order valence-electron chi connectivity index (χ3n) is 4.35. The first-order valence-corrected chi connectivity index (χ1v) is 8.18. The monoisotopic (exact) mass is 331 g/mol. The molecule has 1 amide bonds. The molecule has 1 aliphatic heterocycles. The number of carbonyl (C=O) groups is 1. The lowest BCUT2D eigenvalue weighted by molar-refractivity contribution is 0.0914. The molecule has 1 N–H and O–H groups in total. The van der Waals surface area contributed by atoms with E-state index in [2.05, 4.69) is 24.1 Å². The first-order chi connectivity index (χ1) is 9.90. The molecule has 1 unspecified atom stereocenters. The molecule has 2 heterocycles. The highest BCUT2D eigenvalue weighted by molar-refractivity contribution is 6.41. The van der Waals surface area contributed by atoms with Gasteiger partial charge in [0.15, 0.2) is 0 Å². The van der Waals surface area contributed by atoms with Crippen LogP contribution in [0.4, 0.5) is 0 Å². The third kappa shape index (κ3) is 3.93. The Kier molecular flexibility index (Phi) is 5.58. The molecule has 0 saturated carbocycles. The van der Waals surface area contributed by atoms with E-state index in [-0.39, 0.29) is 5.91 Å². The molecule has 0 aromatic carbocycles. The summed E-state index contributed by atoms with van der Waals surface area (Å²) in [5.41, 5.74) is 0.490. The Hall–Kier alpha value is -0.710. The normalized spacial score (nSPS) is 18.7. The summed E-state index contributed by atoms with van der Waals surface area (Å²) in [6.07, 6.45) is 2.47. The quantitative estimate of drug-likeness (QED) is 0.919. The number of aromatic nitrogens is 1. The van der Waals surface area contributed by atoms with Crippen molar-refractivity contribution in [1.82, 2.24) is 14.8 Å². The lowest BCUT2D eigenvalue weighted by Gasteiger charge is -2.35. The van der Waals surface area contributed by atoms with Crippen LogP contribution in [0.1, 0.15) is 37.2 Å². The molecular formula is C15H23Cl2N3O. The number of nitrogens with zero attached hydrogens (tertiary/aromatic N) is 2. The van der Waals surface area contributed by atoms with Gasteiger partial charge in [-0.25, -0.2) is 0 Å². The second kappa shape index (κ2) is 7.03. The van der Waals surface area contributed by atoms with Crippen LogP contribution in [0.3, 0.4) is 0 Å². The molecule has 0 bridgehead atoms. The molecule has 1 aliphatic rings. The zero-order valence-electron chi connectivity index (χ0n) is 12.8. The minimum atomic E-state index is -0.136. The first kappa shape index (κ1) is 16.7.